The molecule has 0 aromatic rings. The molecule has 0 radical (unpaired) electrons. The van der Waals surface area contributed by atoms with Gasteiger partial charge in [0.05, 0.1) is 18.2 Å². The zero-order valence-electron chi connectivity index (χ0n) is 10.2. The van der Waals surface area contributed by atoms with Gasteiger partial charge in [0, 0.05) is 6.54 Å². The molecule has 2 aliphatic heterocycles. The first-order valence-corrected chi connectivity index (χ1v) is 5.55. The van der Waals surface area contributed by atoms with Crippen LogP contribution in [0.3, 0.4) is 0 Å². The molecule has 0 aliphatic carbocycles. The summed E-state index contributed by atoms with van der Waals surface area (Å²) >= 11 is 0. The van der Waals surface area contributed by atoms with Gasteiger partial charge in [-0.2, -0.15) is 0 Å². The summed E-state index contributed by atoms with van der Waals surface area (Å²) in [5, 5.41) is 3.93. The second kappa shape index (κ2) is 3.64. The molecule has 0 saturated carbocycles. The van der Waals surface area contributed by atoms with E-state index < -0.39 is 5.60 Å². The first-order valence-electron chi connectivity index (χ1n) is 5.55. The average molecular weight is 226 g/mol. The molecule has 0 bridgehead atoms. The fourth-order valence-electron chi connectivity index (χ4n) is 1.98. The molecule has 1 fully saturated rings. The van der Waals surface area contributed by atoms with Gasteiger partial charge in [-0.15, -0.1) is 0 Å². The van der Waals surface area contributed by atoms with Crippen LogP contribution in [0.1, 0.15) is 27.7 Å². The van der Waals surface area contributed by atoms with Gasteiger partial charge in [-0.1, -0.05) is 5.16 Å². The van der Waals surface area contributed by atoms with E-state index >= 15 is 0 Å². The fraction of sp³-hybridized carbons (Fsp3) is 0.818. The lowest BCUT2D eigenvalue weighted by Gasteiger charge is -2.24. The molecule has 1 saturated heterocycles. The second-order valence-electron chi connectivity index (χ2n) is 5.37. The number of oxime groups is 1. The Kier molecular flexibility index (Phi) is 2.56. The van der Waals surface area contributed by atoms with Crippen molar-refractivity contribution in [2.24, 2.45) is 11.1 Å². The van der Waals surface area contributed by atoms with Gasteiger partial charge in [-0.3, -0.25) is 0 Å². The van der Waals surface area contributed by atoms with Crippen LogP contribution in [0, 0.1) is 5.92 Å². The number of hydrogen-bond donors (Lipinski definition) is 0. The quantitative estimate of drug-likeness (QED) is 0.630. The maximum atomic E-state index is 11.8. The third-order valence-corrected chi connectivity index (χ3v) is 2.79. The summed E-state index contributed by atoms with van der Waals surface area (Å²) in [6.45, 7) is 8.75. The Hall–Kier alpha value is -1.26. The molecule has 0 unspecified atom stereocenters. The Balaban J connectivity index is 1.94. The number of carbonyl (C=O) groups excluding carboxylic acids is 1. The van der Waals surface area contributed by atoms with E-state index in [-0.39, 0.29) is 18.1 Å². The zero-order chi connectivity index (χ0) is 11.9. The van der Waals surface area contributed by atoms with Gasteiger partial charge in [-0.05, 0) is 27.7 Å². The molecule has 5 nitrogen and oxygen atoms in total. The Morgan fingerprint density at radius 2 is 2.19 bits per heavy atom. The summed E-state index contributed by atoms with van der Waals surface area (Å²) in [6, 6.07) is 0. The molecule has 2 aliphatic rings. The van der Waals surface area contributed by atoms with Crippen molar-refractivity contribution in [3.05, 3.63) is 0 Å². The Labute approximate surface area is 95.4 Å². The van der Waals surface area contributed by atoms with Crippen LogP contribution in [-0.4, -0.2) is 41.5 Å². The first kappa shape index (κ1) is 11.2. The molecule has 16 heavy (non-hydrogen) atoms. The molecule has 0 N–H and O–H groups in total. The third kappa shape index (κ3) is 2.13. The summed E-state index contributed by atoms with van der Waals surface area (Å²) in [5.74, 6) is 0.243. The molecule has 2 heterocycles. The molecule has 0 aromatic heterocycles. The van der Waals surface area contributed by atoms with Gasteiger partial charge in [-0.25, -0.2) is 4.79 Å². The number of rotatable bonds is 0. The van der Waals surface area contributed by atoms with Crippen molar-refractivity contribution in [3.8, 4) is 0 Å². The first-order chi connectivity index (χ1) is 7.37. The highest BCUT2D eigenvalue weighted by molar-refractivity contribution is 5.87. The number of hydrogen-bond acceptors (Lipinski definition) is 4. The molecular formula is C11H18N2O3. The topological polar surface area (TPSA) is 51.1 Å². The molecule has 5 heteroatoms. The second-order valence-corrected chi connectivity index (χ2v) is 5.37. The molecule has 0 aromatic carbocycles. The molecular weight excluding hydrogens is 208 g/mol. The number of amides is 1. The predicted molar refractivity (Wildman–Crippen MR) is 59.3 cm³/mol. The van der Waals surface area contributed by atoms with Crippen molar-refractivity contribution >= 4 is 11.8 Å². The minimum Gasteiger partial charge on any atom is -0.444 e. The third-order valence-electron chi connectivity index (χ3n) is 2.79. The highest BCUT2D eigenvalue weighted by atomic mass is 16.6. The number of likely N-dealkylation sites (tertiary alicyclic amines) is 1. The maximum Gasteiger partial charge on any atom is 0.410 e. The van der Waals surface area contributed by atoms with Crippen LogP contribution >= 0.6 is 0 Å². The molecule has 1 amide bonds. The Bertz CT molecular complexity index is 333. The Morgan fingerprint density at radius 1 is 1.50 bits per heavy atom. The number of fused-ring (bicyclic) bond motifs is 1. The number of ether oxygens (including phenoxy) is 1. The SMILES string of the molecule is CC1=NO[C@@H]2CN(C(=O)OC(C)(C)C)C[C@H]12. The largest absolute Gasteiger partial charge is 0.444 e. The molecule has 0 spiro atoms. The van der Waals surface area contributed by atoms with Gasteiger partial charge in [0.15, 0.2) is 6.10 Å². The molecule has 2 rings (SSSR count). The van der Waals surface area contributed by atoms with Gasteiger partial charge < -0.3 is 14.5 Å². The monoisotopic (exact) mass is 226 g/mol. The van der Waals surface area contributed by atoms with Crippen molar-refractivity contribution < 1.29 is 14.4 Å². The lowest BCUT2D eigenvalue weighted by atomic mass is 10.0. The van der Waals surface area contributed by atoms with Crippen molar-refractivity contribution in [2.45, 2.75) is 39.4 Å². The smallest absolute Gasteiger partial charge is 0.410 e. The number of nitrogens with zero attached hydrogens (tertiary/aromatic N) is 2. The van der Waals surface area contributed by atoms with E-state index in [2.05, 4.69) is 5.16 Å². The standard InChI is InChI=1S/C11H18N2O3/c1-7-8-5-13(6-9(8)16-12-7)10(14)15-11(2,3)4/h8-9H,5-6H2,1-4H3/t8-,9-/m1/s1. The van der Waals surface area contributed by atoms with E-state index in [0.717, 1.165) is 5.71 Å². The molecule has 90 valence electrons. The van der Waals surface area contributed by atoms with E-state index in [0.29, 0.717) is 13.1 Å². The van der Waals surface area contributed by atoms with Gasteiger partial charge in [0.2, 0.25) is 0 Å². The van der Waals surface area contributed by atoms with E-state index in [1.54, 1.807) is 4.90 Å². The predicted octanol–water partition coefficient (Wildman–Crippen LogP) is 1.63. The van der Waals surface area contributed by atoms with Crippen LogP contribution in [0.15, 0.2) is 5.16 Å². The van der Waals surface area contributed by atoms with Gasteiger partial charge >= 0.3 is 6.09 Å². The zero-order valence-corrected chi connectivity index (χ0v) is 10.2. The average Bonchev–Trinajstić information content (AvgIpc) is 2.65. The lowest BCUT2D eigenvalue weighted by molar-refractivity contribution is 0.0228. The minimum atomic E-state index is -0.446. The van der Waals surface area contributed by atoms with Crippen molar-refractivity contribution in [3.63, 3.8) is 0 Å². The number of carbonyl (C=O) groups is 1. The summed E-state index contributed by atoms with van der Waals surface area (Å²) < 4.78 is 5.31. The van der Waals surface area contributed by atoms with Crippen LogP contribution in [-0.2, 0) is 9.57 Å². The van der Waals surface area contributed by atoms with Crippen LogP contribution in [0.4, 0.5) is 4.79 Å². The molecule has 2 atom stereocenters. The summed E-state index contributed by atoms with van der Waals surface area (Å²) in [5.41, 5.74) is 0.523. The lowest BCUT2D eigenvalue weighted by Crippen LogP contribution is -2.36. The van der Waals surface area contributed by atoms with Gasteiger partial charge in [0.25, 0.3) is 0 Å². The summed E-state index contributed by atoms with van der Waals surface area (Å²) in [7, 11) is 0. The summed E-state index contributed by atoms with van der Waals surface area (Å²) in [4.78, 5) is 18.7. The van der Waals surface area contributed by atoms with E-state index in [9.17, 15) is 4.79 Å². The highest BCUT2D eigenvalue weighted by Gasteiger charge is 2.43. The highest BCUT2D eigenvalue weighted by Crippen LogP contribution is 2.27. The van der Waals surface area contributed by atoms with Crippen molar-refractivity contribution in [2.75, 3.05) is 13.1 Å². The Morgan fingerprint density at radius 3 is 2.75 bits per heavy atom. The van der Waals surface area contributed by atoms with E-state index in [4.69, 9.17) is 9.57 Å². The summed E-state index contributed by atoms with van der Waals surface area (Å²) in [6.07, 6.45) is -0.245. The van der Waals surface area contributed by atoms with Crippen LogP contribution in [0.25, 0.3) is 0 Å². The van der Waals surface area contributed by atoms with Crippen LogP contribution in [0.5, 0.6) is 0 Å². The minimum absolute atomic E-state index is 0.0209. The van der Waals surface area contributed by atoms with Crippen LogP contribution < -0.4 is 0 Å². The van der Waals surface area contributed by atoms with E-state index in [1.165, 1.54) is 0 Å². The van der Waals surface area contributed by atoms with E-state index in [1.807, 2.05) is 27.7 Å². The fourth-order valence-corrected chi connectivity index (χ4v) is 1.98. The normalized spacial score (nSPS) is 28.5. The van der Waals surface area contributed by atoms with Crippen molar-refractivity contribution in [1.82, 2.24) is 4.90 Å². The van der Waals surface area contributed by atoms with Gasteiger partial charge in [0.1, 0.15) is 5.60 Å². The van der Waals surface area contributed by atoms with Crippen molar-refractivity contribution in [1.29, 1.82) is 0 Å². The maximum absolute atomic E-state index is 11.8. The van der Waals surface area contributed by atoms with Crippen LogP contribution in [0.2, 0.25) is 0 Å².